The molecule has 0 aliphatic carbocycles. The third-order valence-corrected chi connectivity index (χ3v) is 4.89. The van der Waals surface area contributed by atoms with Crippen molar-refractivity contribution in [1.29, 1.82) is 0 Å². The standard InChI is InChI=1S/C17H29NOS/c1-4-12-18-17(3,14-19)11-7-8-13-20-16-10-6-5-9-15(16)2/h5-6,9-10,18-19H,4,7-8,11-14H2,1-3H3. The zero-order valence-corrected chi connectivity index (χ0v) is 13.9. The van der Waals surface area contributed by atoms with E-state index in [2.05, 4.69) is 50.4 Å². The van der Waals surface area contributed by atoms with Crippen LogP contribution in [-0.4, -0.2) is 29.5 Å². The van der Waals surface area contributed by atoms with Crippen LogP contribution < -0.4 is 5.32 Å². The molecule has 0 aliphatic rings. The highest BCUT2D eigenvalue weighted by Crippen LogP contribution is 2.23. The minimum Gasteiger partial charge on any atom is -0.394 e. The number of hydrogen-bond donors (Lipinski definition) is 2. The van der Waals surface area contributed by atoms with Gasteiger partial charge in [0.15, 0.2) is 0 Å². The zero-order chi connectivity index (χ0) is 14.8. The van der Waals surface area contributed by atoms with Crippen molar-refractivity contribution < 1.29 is 5.11 Å². The van der Waals surface area contributed by atoms with Gasteiger partial charge in [0.25, 0.3) is 0 Å². The molecule has 1 atom stereocenters. The van der Waals surface area contributed by atoms with Gasteiger partial charge < -0.3 is 10.4 Å². The van der Waals surface area contributed by atoms with Gasteiger partial charge in [-0.3, -0.25) is 0 Å². The number of aliphatic hydroxyl groups excluding tert-OH is 1. The van der Waals surface area contributed by atoms with Crippen molar-refractivity contribution in [2.45, 2.75) is 56.9 Å². The van der Waals surface area contributed by atoms with Gasteiger partial charge in [-0.05, 0) is 57.0 Å². The lowest BCUT2D eigenvalue weighted by atomic mass is 9.96. The van der Waals surface area contributed by atoms with Crippen molar-refractivity contribution in [3.8, 4) is 0 Å². The average Bonchev–Trinajstić information content (AvgIpc) is 2.46. The second kappa shape index (κ2) is 9.43. The minimum atomic E-state index is -0.108. The van der Waals surface area contributed by atoms with Crippen LogP contribution in [0.15, 0.2) is 29.2 Å². The fraction of sp³-hybridized carbons (Fsp3) is 0.647. The molecule has 0 fully saturated rings. The van der Waals surface area contributed by atoms with Gasteiger partial charge in [-0.15, -0.1) is 11.8 Å². The lowest BCUT2D eigenvalue weighted by molar-refractivity contribution is 0.163. The Bertz CT molecular complexity index is 383. The van der Waals surface area contributed by atoms with Gasteiger partial charge in [-0.1, -0.05) is 31.5 Å². The van der Waals surface area contributed by atoms with Crippen molar-refractivity contribution in [1.82, 2.24) is 5.32 Å². The number of aliphatic hydroxyl groups is 1. The normalized spacial score (nSPS) is 14.2. The maximum Gasteiger partial charge on any atom is 0.0610 e. The molecular formula is C17H29NOS. The van der Waals surface area contributed by atoms with E-state index in [0.29, 0.717) is 0 Å². The Morgan fingerprint density at radius 1 is 1.25 bits per heavy atom. The van der Waals surface area contributed by atoms with Crippen molar-refractivity contribution in [3.63, 3.8) is 0 Å². The summed E-state index contributed by atoms with van der Waals surface area (Å²) >= 11 is 1.94. The number of nitrogens with one attached hydrogen (secondary N) is 1. The van der Waals surface area contributed by atoms with Crippen LogP contribution in [-0.2, 0) is 0 Å². The van der Waals surface area contributed by atoms with E-state index in [4.69, 9.17) is 0 Å². The number of unbranched alkanes of at least 4 members (excludes halogenated alkanes) is 1. The molecule has 114 valence electrons. The van der Waals surface area contributed by atoms with E-state index in [1.54, 1.807) is 0 Å². The fourth-order valence-electron chi connectivity index (χ4n) is 2.17. The van der Waals surface area contributed by atoms with Crippen LogP contribution in [0.4, 0.5) is 0 Å². The molecule has 1 aromatic carbocycles. The Morgan fingerprint density at radius 2 is 2.00 bits per heavy atom. The summed E-state index contributed by atoms with van der Waals surface area (Å²) in [6.45, 7) is 7.65. The molecule has 1 rings (SSSR count). The third kappa shape index (κ3) is 6.29. The van der Waals surface area contributed by atoms with E-state index in [1.807, 2.05) is 11.8 Å². The van der Waals surface area contributed by atoms with Crippen LogP contribution in [0.1, 0.15) is 45.1 Å². The van der Waals surface area contributed by atoms with E-state index in [1.165, 1.54) is 16.9 Å². The maximum absolute atomic E-state index is 9.52. The van der Waals surface area contributed by atoms with Gasteiger partial charge in [0.05, 0.1) is 6.61 Å². The monoisotopic (exact) mass is 295 g/mol. The van der Waals surface area contributed by atoms with Gasteiger partial charge >= 0.3 is 0 Å². The number of aryl methyl sites for hydroxylation is 1. The van der Waals surface area contributed by atoms with Gasteiger partial charge in [0.2, 0.25) is 0 Å². The largest absolute Gasteiger partial charge is 0.394 e. The van der Waals surface area contributed by atoms with E-state index in [9.17, 15) is 5.11 Å². The molecule has 3 heteroatoms. The predicted molar refractivity (Wildman–Crippen MR) is 89.5 cm³/mol. The lowest BCUT2D eigenvalue weighted by Gasteiger charge is -2.28. The minimum absolute atomic E-state index is 0.108. The molecule has 0 radical (unpaired) electrons. The molecule has 2 nitrogen and oxygen atoms in total. The highest BCUT2D eigenvalue weighted by molar-refractivity contribution is 7.99. The van der Waals surface area contributed by atoms with Crippen LogP contribution in [0.5, 0.6) is 0 Å². The van der Waals surface area contributed by atoms with Crippen molar-refractivity contribution in [3.05, 3.63) is 29.8 Å². The Kier molecular flexibility index (Phi) is 8.27. The summed E-state index contributed by atoms with van der Waals surface area (Å²) in [5, 5.41) is 13.0. The third-order valence-electron chi connectivity index (χ3n) is 3.62. The molecule has 0 saturated carbocycles. The zero-order valence-electron chi connectivity index (χ0n) is 13.1. The molecule has 0 bridgehead atoms. The number of hydrogen-bond acceptors (Lipinski definition) is 3. The molecule has 1 unspecified atom stereocenters. The summed E-state index contributed by atoms with van der Waals surface area (Å²) in [4.78, 5) is 1.39. The molecule has 2 N–H and O–H groups in total. The van der Waals surface area contributed by atoms with Crippen molar-refractivity contribution >= 4 is 11.8 Å². The molecule has 0 aliphatic heterocycles. The smallest absolute Gasteiger partial charge is 0.0610 e. The highest BCUT2D eigenvalue weighted by atomic mass is 32.2. The van der Waals surface area contributed by atoms with Gasteiger partial charge in [-0.25, -0.2) is 0 Å². The van der Waals surface area contributed by atoms with Gasteiger partial charge in [0.1, 0.15) is 0 Å². The summed E-state index contributed by atoms with van der Waals surface area (Å²) in [6, 6.07) is 8.55. The highest BCUT2D eigenvalue weighted by Gasteiger charge is 2.21. The molecular weight excluding hydrogens is 266 g/mol. The second-order valence-electron chi connectivity index (χ2n) is 5.72. The summed E-state index contributed by atoms with van der Waals surface area (Å²) in [6.07, 6.45) is 4.51. The average molecular weight is 295 g/mol. The number of rotatable bonds is 10. The quantitative estimate of drug-likeness (QED) is 0.505. The van der Waals surface area contributed by atoms with Crippen molar-refractivity contribution in [2.24, 2.45) is 0 Å². The van der Waals surface area contributed by atoms with Crippen LogP contribution in [0.2, 0.25) is 0 Å². The molecule has 1 aromatic rings. The first-order valence-electron chi connectivity index (χ1n) is 7.65. The van der Waals surface area contributed by atoms with E-state index in [-0.39, 0.29) is 12.1 Å². The Balaban J connectivity index is 2.22. The van der Waals surface area contributed by atoms with E-state index < -0.39 is 0 Å². The van der Waals surface area contributed by atoms with E-state index in [0.717, 1.165) is 31.6 Å². The Hall–Kier alpha value is -0.510. The Labute approximate surface area is 128 Å². The lowest BCUT2D eigenvalue weighted by Crippen LogP contribution is -2.46. The molecule has 0 aromatic heterocycles. The molecule has 20 heavy (non-hydrogen) atoms. The van der Waals surface area contributed by atoms with Crippen LogP contribution in [0.25, 0.3) is 0 Å². The molecule has 0 amide bonds. The summed E-state index contributed by atoms with van der Waals surface area (Å²) in [7, 11) is 0. The fourth-order valence-corrected chi connectivity index (χ4v) is 3.21. The SMILES string of the molecule is CCCNC(C)(CO)CCCCSc1ccccc1C. The molecule has 0 saturated heterocycles. The molecule has 0 spiro atoms. The summed E-state index contributed by atoms with van der Waals surface area (Å²) < 4.78 is 0. The maximum atomic E-state index is 9.52. The molecule has 0 heterocycles. The van der Waals surface area contributed by atoms with Crippen LogP contribution in [0.3, 0.4) is 0 Å². The first kappa shape index (κ1) is 17.5. The topological polar surface area (TPSA) is 32.3 Å². The van der Waals surface area contributed by atoms with Crippen LogP contribution in [0, 0.1) is 6.92 Å². The number of thioether (sulfide) groups is 1. The van der Waals surface area contributed by atoms with E-state index >= 15 is 0 Å². The predicted octanol–water partition coefficient (Wildman–Crippen LogP) is 4.01. The number of benzene rings is 1. The summed E-state index contributed by atoms with van der Waals surface area (Å²) in [5.74, 6) is 1.15. The first-order chi connectivity index (χ1) is 9.61. The van der Waals surface area contributed by atoms with Gasteiger partial charge in [0, 0.05) is 10.4 Å². The van der Waals surface area contributed by atoms with Gasteiger partial charge in [-0.2, -0.15) is 0 Å². The van der Waals surface area contributed by atoms with Crippen LogP contribution >= 0.6 is 11.8 Å². The summed E-state index contributed by atoms with van der Waals surface area (Å²) in [5.41, 5.74) is 1.26. The second-order valence-corrected chi connectivity index (χ2v) is 6.85. The first-order valence-corrected chi connectivity index (χ1v) is 8.64. The Morgan fingerprint density at radius 3 is 2.65 bits per heavy atom. The van der Waals surface area contributed by atoms with Crippen molar-refractivity contribution in [2.75, 3.05) is 18.9 Å².